The number of benzene rings is 1. The second-order valence-corrected chi connectivity index (χ2v) is 7.60. The van der Waals surface area contributed by atoms with Gasteiger partial charge in [-0.15, -0.1) is 10.2 Å². The fourth-order valence-corrected chi connectivity index (χ4v) is 4.04. The maximum Gasteiger partial charge on any atom is 0.276 e. The van der Waals surface area contributed by atoms with E-state index in [0.29, 0.717) is 17.9 Å². The molecule has 1 unspecified atom stereocenters. The van der Waals surface area contributed by atoms with E-state index < -0.39 is 9.84 Å². The Labute approximate surface area is 134 Å². The molecule has 3 rings (SSSR count). The van der Waals surface area contributed by atoms with Gasteiger partial charge in [0.25, 0.3) is 5.91 Å². The van der Waals surface area contributed by atoms with Gasteiger partial charge in [0.2, 0.25) is 0 Å². The molecule has 1 aromatic heterocycles. The van der Waals surface area contributed by atoms with E-state index in [1.807, 2.05) is 18.2 Å². The molecule has 0 radical (unpaired) electrons. The average Bonchev–Trinajstić information content (AvgIpc) is 2.88. The minimum absolute atomic E-state index is 0.102. The highest BCUT2D eigenvalue weighted by Crippen LogP contribution is 2.16. The molecule has 0 saturated carbocycles. The normalized spacial score (nSPS) is 19.2. The SMILES string of the molecule is O=C(Nc1ccccc1)c1ccc(NC2CCS(=O)(=O)C2)nn1. The number of nitrogens with zero attached hydrogens (tertiary/aromatic N) is 2. The predicted octanol–water partition coefficient (Wildman–Crippen LogP) is 1.33. The zero-order valence-corrected chi connectivity index (χ0v) is 13.1. The van der Waals surface area contributed by atoms with Crippen molar-refractivity contribution in [2.24, 2.45) is 0 Å². The van der Waals surface area contributed by atoms with Gasteiger partial charge < -0.3 is 10.6 Å². The summed E-state index contributed by atoms with van der Waals surface area (Å²) in [6.07, 6.45) is 0.556. The quantitative estimate of drug-likeness (QED) is 0.876. The molecule has 2 N–H and O–H groups in total. The zero-order valence-electron chi connectivity index (χ0n) is 12.3. The highest BCUT2D eigenvalue weighted by atomic mass is 32.2. The van der Waals surface area contributed by atoms with Gasteiger partial charge >= 0.3 is 0 Å². The molecule has 2 heterocycles. The van der Waals surface area contributed by atoms with Gasteiger partial charge in [0.05, 0.1) is 11.5 Å². The van der Waals surface area contributed by atoms with Crippen LogP contribution in [0, 0.1) is 0 Å². The van der Waals surface area contributed by atoms with Gasteiger partial charge in [-0.25, -0.2) is 8.42 Å². The summed E-state index contributed by atoms with van der Waals surface area (Å²) in [5.74, 6) is 0.405. The van der Waals surface area contributed by atoms with E-state index >= 15 is 0 Å². The number of aromatic nitrogens is 2. The Morgan fingerprint density at radius 2 is 1.87 bits per heavy atom. The van der Waals surface area contributed by atoms with Gasteiger partial charge in [-0.3, -0.25) is 4.79 Å². The first-order valence-corrected chi connectivity index (χ1v) is 9.01. The standard InChI is InChI=1S/C15H16N4O3S/c20-15(17-11-4-2-1-3-5-11)13-6-7-14(19-18-13)16-12-8-9-23(21,22)10-12/h1-7,12H,8-10H2,(H,16,19)(H,17,20). The van der Waals surface area contributed by atoms with Crippen LogP contribution >= 0.6 is 0 Å². The molecule has 1 amide bonds. The van der Waals surface area contributed by atoms with Gasteiger partial charge in [-0.1, -0.05) is 18.2 Å². The number of hydrogen-bond acceptors (Lipinski definition) is 6. The minimum Gasteiger partial charge on any atom is -0.365 e. The topological polar surface area (TPSA) is 101 Å². The zero-order chi connectivity index (χ0) is 16.3. The number of para-hydroxylation sites is 1. The number of sulfone groups is 1. The number of hydrogen-bond donors (Lipinski definition) is 2. The number of rotatable bonds is 4. The summed E-state index contributed by atoms with van der Waals surface area (Å²) >= 11 is 0. The van der Waals surface area contributed by atoms with Crippen molar-refractivity contribution < 1.29 is 13.2 Å². The molecule has 120 valence electrons. The van der Waals surface area contributed by atoms with Crippen molar-refractivity contribution >= 4 is 27.2 Å². The Hall–Kier alpha value is -2.48. The van der Waals surface area contributed by atoms with Crippen LogP contribution < -0.4 is 10.6 Å². The molecule has 8 heteroatoms. The number of carbonyl (C=O) groups is 1. The Kier molecular flexibility index (Phi) is 4.24. The van der Waals surface area contributed by atoms with Gasteiger partial charge in [-0.05, 0) is 30.7 Å². The molecule has 1 aromatic carbocycles. The van der Waals surface area contributed by atoms with Crippen molar-refractivity contribution in [2.75, 3.05) is 22.1 Å². The van der Waals surface area contributed by atoms with Crippen LogP contribution in [0.4, 0.5) is 11.5 Å². The Morgan fingerprint density at radius 3 is 2.48 bits per heavy atom. The molecule has 1 saturated heterocycles. The molecule has 23 heavy (non-hydrogen) atoms. The smallest absolute Gasteiger partial charge is 0.276 e. The molecule has 7 nitrogen and oxygen atoms in total. The molecule has 1 fully saturated rings. The summed E-state index contributed by atoms with van der Waals surface area (Å²) in [6.45, 7) is 0. The second kappa shape index (κ2) is 6.33. The lowest BCUT2D eigenvalue weighted by Crippen LogP contribution is -2.22. The van der Waals surface area contributed by atoms with Crippen LogP contribution in [-0.4, -0.2) is 42.1 Å². The molecule has 0 aliphatic carbocycles. The van der Waals surface area contributed by atoms with Crippen LogP contribution in [-0.2, 0) is 9.84 Å². The van der Waals surface area contributed by atoms with E-state index in [1.165, 1.54) is 0 Å². The lowest BCUT2D eigenvalue weighted by Gasteiger charge is -2.11. The predicted molar refractivity (Wildman–Crippen MR) is 87.1 cm³/mol. The third-order valence-electron chi connectivity index (χ3n) is 3.51. The maximum atomic E-state index is 12.0. The number of nitrogens with one attached hydrogen (secondary N) is 2. The third kappa shape index (κ3) is 4.04. The highest BCUT2D eigenvalue weighted by Gasteiger charge is 2.28. The van der Waals surface area contributed by atoms with Crippen molar-refractivity contribution in [2.45, 2.75) is 12.5 Å². The van der Waals surface area contributed by atoms with Gasteiger partial charge in [0, 0.05) is 11.7 Å². The lowest BCUT2D eigenvalue weighted by molar-refractivity contribution is 0.102. The van der Waals surface area contributed by atoms with Gasteiger partial charge in [0.15, 0.2) is 15.5 Å². The monoisotopic (exact) mass is 332 g/mol. The first-order chi connectivity index (χ1) is 11.0. The van der Waals surface area contributed by atoms with Crippen LogP contribution in [0.1, 0.15) is 16.9 Å². The Morgan fingerprint density at radius 1 is 1.09 bits per heavy atom. The summed E-state index contributed by atoms with van der Waals surface area (Å²) in [7, 11) is -2.95. The fraction of sp³-hybridized carbons (Fsp3) is 0.267. The first-order valence-electron chi connectivity index (χ1n) is 7.19. The van der Waals surface area contributed by atoms with Crippen LogP contribution in [0.15, 0.2) is 42.5 Å². The van der Waals surface area contributed by atoms with E-state index in [2.05, 4.69) is 20.8 Å². The van der Waals surface area contributed by atoms with E-state index in [0.717, 1.165) is 0 Å². The first kappa shape index (κ1) is 15.4. The van der Waals surface area contributed by atoms with Crippen molar-refractivity contribution in [3.63, 3.8) is 0 Å². The number of anilines is 2. The lowest BCUT2D eigenvalue weighted by atomic mass is 10.2. The van der Waals surface area contributed by atoms with Crippen LogP contribution in [0.2, 0.25) is 0 Å². The largest absolute Gasteiger partial charge is 0.365 e. The van der Waals surface area contributed by atoms with Crippen molar-refractivity contribution in [1.82, 2.24) is 10.2 Å². The molecule has 0 bridgehead atoms. The summed E-state index contributed by atoms with van der Waals surface area (Å²) < 4.78 is 22.8. The van der Waals surface area contributed by atoms with E-state index in [9.17, 15) is 13.2 Å². The number of amides is 1. The minimum atomic E-state index is -2.95. The molecule has 1 aliphatic heterocycles. The molecular weight excluding hydrogens is 316 g/mol. The van der Waals surface area contributed by atoms with Crippen molar-refractivity contribution in [1.29, 1.82) is 0 Å². The highest BCUT2D eigenvalue weighted by molar-refractivity contribution is 7.91. The van der Waals surface area contributed by atoms with Crippen molar-refractivity contribution in [3.05, 3.63) is 48.2 Å². The van der Waals surface area contributed by atoms with Crippen LogP contribution in [0.5, 0.6) is 0 Å². The van der Waals surface area contributed by atoms with Gasteiger partial charge in [0.1, 0.15) is 5.82 Å². The second-order valence-electron chi connectivity index (χ2n) is 5.37. The fourth-order valence-electron chi connectivity index (χ4n) is 2.36. The Bertz CT molecular complexity index is 791. The Balaban J connectivity index is 1.62. The summed E-state index contributed by atoms with van der Waals surface area (Å²) in [5, 5.41) is 13.6. The number of carbonyl (C=O) groups excluding carboxylic acids is 1. The summed E-state index contributed by atoms with van der Waals surface area (Å²) in [6, 6.07) is 12.1. The average molecular weight is 332 g/mol. The van der Waals surface area contributed by atoms with E-state index in [4.69, 9.17) is 0 Å². The maximum absolute atomic E-state index is 12.0. The molecule has 0 spiro atoms. The molecule has 1 atom stereocenters. The molecular formula is C15H16N4O3S. The summed E-state index contributed by atoms with van der Waals surface area (Å²) in [5.41, 5.74) is 0.871. The molecule has 2 aromatic rings. The van der Waals surface area contributed by atoms with Crippen molar-refractivity contribution in [3.8, 4) is 0 Å². The molecule has 1 aliphatic rings. The van der Waals surface area contributed by atoms with Crippen LogP contribution in [0.3, 0.4) is 0 Å². The van der Waals surface area contributed by atoms with Crippen LogP contribution in [0.25, 0.3) is 0 Å². The van der Waals surface area contributed by atoms with Gasteiger partial charge in [-0.2, -0.15) is 0 Å². The third-order valence-corrected chi connectivity index (χ3v) is 5.28. The summed E-state index contributed by atoms with van der Waals surface area (Å²) in [4.78, 5) is 12.0. The van der Waals surface area contributed by atoms with E-state index in [1.54, 1.807) is 24.3 Å². The van der Waals surface area contributed by atoms with E-state index in [-0.39, 0.29) is 29.1 Å².